The second-order valence-electron chi connectivity index (χ2n) is 2.90. The molecule has 76 valence electrons. The molecule has 1 aromatic carbocycles. The van der Waals surface area contributed by atoms with Gasteiger partial charge in [-0.15, -0.1) is 0 Å². The minimum Gasteiger partial charge on any atom is -0.545 e. The summed E-state index contributed by atoms with van der Waals surface area (Å²) in [4.78, 5) is 10.8. The minimum absolute atomic E-state index is 0.0957. The number of aromatic carboxylic acids is 1. The predicted molar refractivity (Wildman–Crippen MR) is 61.0 cm³/mol. The summed E-state index contributed by atoms with van der Waals surface area (Å²) >= 11 is 8.41. The number of thiol groups is 2. The first-order valence-corrected chi connectivity index (χ1v) is 5.41. The van der Waals surface area contributed by atoms with E-state index < -0.39 is 5.97 Å². The van der Waals surface area contributed by atoms with Gasteiger partial charge in [-0.25, -0.2) is 0 Å². The van der Waals surface area contributed by atoms with Crippen LogP contribution >= 0.6 is 25.3 Å². The fourth-order valence-electron chi connectivity index (χ4n) is 1.25. The van der Waals surface area contributed by atoms with Crippen LogP contribution in [0.25, 0.3) is 0 Å². The van der Waals surface area contributed by atoms with Crippen molar-refractivity contribution in [2.45, 2.75) is 11.7 Å². The molecule has 14 heavy (non-hydrogen) atoms. The molecule has 1 unspecified atom stereocenters. The molecule has 0 saturated carbocycles. The number of rotatable bonds is 4. The number of benzene rings is 1. The average Bonchev–Trinajstić information content (AvgIpc) is 2.18. The topological polar surface area (TPSA) is 40.1 Å². The highest BCUT2D eigenvalue weighted by Crippen LogP contribution is 2.26. The molecule has 0 heterocycles. The largest absolute Gasteiger partial charge is 0.545 e. The van der Waals surface area contributed by atoms with Crippen LogP contribution in [0.1, 0.15) is 27.6 Å². The Kier molecular flexibility index (Phi) is 4.35. The Balaban J connectivity index is 3.00. The van der Waals surface area contributed by atoms with Crippen molar-refractivity contribution < 1.29 is 9.90 Å². The van der Waals surface area contributed by atoms with Crippen LogP contribution < -0.4 is 5.11 Å². The molecule has 0 amide bonds. The van der Waals surface area contributed by atoms with Gasteiger partial charge in [0.1, 0.15) is 0 Å². The number of carboxylic acids is 1. The minimum atomic E-state index is -1.15. The maximum Gasteiger partial charge on any atom is 0.0718 e. The van der Waals surface area contributed by atoms with Gasteiger partial charge in [-0.2, -0.15) is 25.3 Å². The molecular weight excluding hydrogens is 216 g/mol. The predicted octanol–water partition coefficient (Wildman–Crippen LogP) is 1.34. The number of hydrogen-bond donors (Lipinski definition) is 2. The molecule has 1 rings (SSSR count). The molecule has 0 aliphatic carbocycles. The monoisotopic (exact) mass is 227 g/mol. The summed E-state index contributed by atoms with van der Waals surface area (Å²) < 4.78 is 0. The van der Waals surface area contributed by atoms with Crippen LogP contribution in [-0.2, 0) is 0 Å². The van der Waals surface area contributed by atoms with Crippen LogP contribution in [0.5, 0.6) is 0 Å². The second kappa shape index (κ2) is 5.32. The van der Waals surface area contributed by atoms with Gasteiger partial charge < -0.3 is 9.90 Å². The first-order valence-electron chi connectivity index (χ1n) is 4.26. The molecule has 0 fully saturated rings. The summed E-state index contributed by atoms with van der Waals surface area (Å²) in [5.41, 5.74) is 0.916. The van der Waals surface area contributed by atoms with E-state index in [2.05, 4.69) is 25.3 Å². The Labute approximate surface area is 94.2 Å². The Morgan fingerprint density at radius 1 is 1.43 bits per heavy atom. The molecule has 0 radical (unpaired) electrons. The van der Waals surface area contributed by atoms with Gasteiger partial charge in [-0.05, 0) is 17.7 Å². The van der Waals surface area contributed by atoms with Gasteiger partial charge in [-0.1, -0.05) is 24.3 Å². The highest BCUT2D eigenvalue weighted by molar-refractivity contribution is 7.81. The van der Waals surface area contributed by atoms with Crippen LogP contribution in [0.2, 0.25) is 0 Å². The number of carbonyl (C=O) groups excluding carboxylic acids is 1. The molecule has 0 aliphatic rings. The Bertz CT molecular complexity index is 326. The summed E-state index contributed by atoms with van der Waals surface area (Å²) in [6.07, 6.45) is 0.733. The van der Waals surface area contributed by atoms with Crippen LogP contribution in [0.4, 0.5) is 0 Å². The van der Waals surface area contributed by atoms with Crippen molar-refractivity contribution in [2.24, 2.45) is 0 Å². The van der Waals surface area contributed by atoms with Gasteiger partial charge in [0.25, 0.3) is 0 Å². The van der Waals surface area contributed by atoms with Gasteiger partial charge in [0.2, 0.25) is 0 Å². The quantitative estimate of drug-likeness (QED) is 0.762. The van der Waals surface area contributed by atoms with E-state index in [0.29, 0.717) is 11.3 Å². The molecule has 2 nitrogen and oxygen atoms in total. The lowest BCUT2D eigenvalue weighted by atomic mass is 10.0. The second-order valence-corrected chi connectivity index (χ2v) is 3.97. The van der Waals surface area contributed by atoms with Gasteiger partial charge in [0, 0.05) is 10.8 Å². The lowest BCUT2D eigenvalue weighted by Gasteiger charge is -2.15. The van der Waals surface area contributed by atoms with E-state index in [1.165, 1.54) is 6.07 Å². The molecule has 1 atom stereocenters. The molecule has 0 saturated heterocycles. The van der Waals surface area contributed by atoms with Crippen molar-refractivity contribution in [2.75, 3.05) is 5.75 Å². The van der Waals surface area contributed by atoms with Gasteiger partial charge in [-0.3, -0.25) is 0 Å². The normalized spacial score (nSPS) is 12.4. The third kappa shape index (κ3) is 2.69. The van der Waals surface area contributed by atoms with Gasteiger partial charge >= 0.3 is 0 Å². The van der Waals surface area contributed by atoms with E-state index in [9.17, 15) is 9.90 Å². The fraction of sp³-hybridized carbons (Fsp3) is 0.300. The zero-order valence-electron chi connectivity index (χ0n) is 7.51. The zero-order chi connectivity index (χ0) is 10.6. The number of hydrogen-bond acceptors (Lipinski definition) is 4. The fourth-order valence-corrected chi connectivity index (χ4v) is 2.07. The number of carboxylic acid groups (broad SMARTS) is 1. The molecule has 1 aromatic rings. The van der Waals surface area contributed by atoms with Crippen molar-refractivity contribution in [3.63, 3.8) is 0 Å². The maximum atomic E-state index is 10.8. The van der Waals surface area contributed by atoms with Crippen LogP contribution in [-0.4, -0.2) is 11.7 Å². The first kappa shape index (κ1) is 11.5. The highest BCUT2D eigenvalue weighted by Gasteiger charge is 2.10. The van der Waals surface area contributed by atoms with Crippen molar-refractivity contribution in [1.29, 1.82) is 0 Å². The maximum absolute atomic E-state index is 10.8. The van der Waals surface area contributed by atoms with E-state index >= 15 is 0 Å². The standard InChI is InChI=1S/C10H12O2S2/c11-10(12)8-4-2-1-3-7(8)9(14)5-6-13/h1-4,9,13-14H,5-6H2,(H,11,12)/p-1. The van der Waals surface area contributed by atoms with E-state index in [-0.39, 0.29) is 10.8 Å². The lowest BCUT2D eigenvalue weighted by molar-refractivity contribution is -0.255. The van der Waals surface area contributed by atoms with Crippen molar-refractivity contribution in [3.8, 4) is 0 Å². The van der Waals surface area contributed by atoms with E-state index in [1.54, 1.807) is 18.2 Å². The Morgan fingerprint density at radius 3 is 2.64 bits per heavy atom. The summed E-state index contributed by atoms with van der Waals surface area (Å²) in [7, 11) is 0. The van der Waals surface area contributed by atoms with Crippen LogP contribution in [0, 0.1) is 0 Å². The average molecular weight is 227 g/mol. The van der Waals surface area contributed by atoms with Crippen molar-refractivity contribution >= 4 is 31.2 Å². The van der Waals surface area contributed by atoms with Crippen molar-refractivity contribution in [1.82, 2.24) is 0 Å². The van der Waals surface area contributed by atoms with Gasteiger partial charge in [0.15, 0.2) is 0 Å². The number of carbonyl (C=O) groups is 1. The lowest BCUT2D eigenvalue weighted by Crippen LogP contribution is -2.24. The molecule has 0 aromatic heterocycles. The summed E-state index contributed by atoms with van der Waals surface area (Å²) in [5, 5.41) is 10.7. The highest BCUT2D eigenvalue weighted by atomic mass is 32.1. The van der Waals surface area contributed by atoms with E-state index in [1.807, 2.05) is 0 Å². The molecule has 4 heteroatoms. The first-order chi connectivity index (χ1) is 6.66. The SMILES string of the molecule is O=C([O-])c1ccccc1C(S)CCS. The molecule has 0 bridgehead atoms. The zero-order valence-corrected chi connectivity index (χ0v) is 9.30. The molecule has 0 spiro atoms. The summed E-state index contributed by atoms with van der Waals surface area (Å²) in [6, 6.07) is 6.76. The van der Waals surface area contributed by atoms with Crippen molar-refractivity contribution in [3.05, 3.63) is 35.4 Å². The Hall–Kier alpha value is -0.610. The van der Waals surface area contributed by atoms with E-state index in [4.69, 9.17) is 0 Å². The van der Waals surface area contributed by atoms with Crippen LogP contribution in [0.15, 0.2) is 24.3 Å². The smallest absolute Gasteiger partial charge is 0.0718 e. The van der Waals surface area contributed by atoms with Gasteiger partial charge in [0.05, 0.1) is 5.97 Å². The van der Waals surface area contributed by atoms with E-state index in [0.717, 1.165) is 6.42 Å². The molecular formula is C10H11O2S2-. The van der Waals surface area contributed by atoms with Crippen LogP contribution in [0.3, 0.4) is 0 Å². The third-order valence-corrected chi connectivity index (χ3v) is 2.74. The Morgan fingerprint density at radius 2 is 2.07 bits per heavy atom. The summed E-state index contributed by atoms with van der Waals surface area (Å²) in [6.45, 7) is 0. The third-order valence-electron chi connectivity index (χ3n) is 1.94. The molecule has 0 N–H and O–H groups in total. The molecule has 0 aliphatic heterocycles. The summed E-state index contributed by atoms with van der Waals surface area (Å²) in [5.74, 6) is -0.478.